The molecule has 1 aromatic carbocycles. The predicted molar refractivity (Wildman–Crippen MR) is 94.4 cm³/mol. The molecule has 3 aromatic heterocycles. The maximum Gasteiger partial charge on any atom is 0.141 e. The average Bonchev–Trinajstić information content (AvgIpc) is 2.95. The Kier molecular flexibility index (Phi) is 3.92. The fraction of sp³-hybridized carbons (Fsp3) is 0.0625. The van der Waals surface area contributed by atoms with Gasteiger partial charge in [-0.3, -0.25) is 4.98 Å². The van der Waals surface area contributed by atoms with Crippen molar-refractivity contribution in [1.82, 2.24) is 15.0 Å². The van der Waals surface area contributed by atoms with Crippen LogP contribution in [0, 0.1) is 6.92 Å². The van der Waals surface area contributed by atoms with Crippen LogP contribution in [0.5, 0.6) is 0 Å². The predicted octanol–water partition coefficient (Wildman–Crippen LogP) is 4.71. The van der Waals surface area contributed by atoms with E-state index in [1.165, 1.54) is 10.1 Å². The summed E-state index contributed by atoms with van der Waals surface area (Å²) < 4.78 is 1.29. The Hall–Kier alpha value is -2.24. The van der Waals surface area contributed by atoms with E-state index in [2.05, 4.69) is 49.9 Å². The van der Waals surface area contributed by atoms with Crippen molar-refractivity contribution >= 4 is 56.2 Å². The zero-order valence-corrected chi connectivity index (χ0v) is 13.4. The Morgan fingerprint density at radius 3 is 2.86 bits per heavy atom. The number of rotatable bonds is 2. The van der Waals surface area contributed by atoms with Crippen molar-refractivity contribution in [2.24, 2.45) is 0 Å². The first-order valence-electron chi connectivity index (χ1n) is 6.61. The smallest absolute Gasteiger partial charge is 0.141 e. The molecular formula is C16H13ClN4S. The van der Waals surface area contributed by atoms with E-state index in [-0.39, 0.29) is 12.4 Å². The summed E-state index contributed by atoms with van der Waals surface area (Å²) in [6, 6.07) is 10.4. The molecule has 0 aliphatic carbocycles. The lowest BCUT2D eigenvalue weighted by atomic mass is 10.2. The first-order chi connectivity index (χ1) is 10.3. The Morgan fingerprint density at radius 1 is 1.05 bits per heavy atom. The van der Waals surface area contributed by atoms with Crippen LogP contribution in [0.1, 0.15) is 5.69 Å². The molecule has 4 nitrogen and oxygen atoms in total. The van der Waals surface area contributed by atoms with Crippen LogP contribution in [0.25, 0.3) is 21.0 Å². The first-order valence-corrected chi connectivity index (χ1v) is 7.49. The number of hydrogen-bond donors (Lipinski definition) is 1. The number of aryl methyl sites for hydroxylation is 1. The number of hydrogen-bond acceptors (Lipinski definition) is 5. The van der Waals surface area contributed by atoms with Crippen molar-refractivity contribution < 1.29 is 0 Å². The summed E-state index contributed by atoms with van der Waals surface area (Å²) in [6.45, 7) is 1.97. The molecular weight excluding hydrogens is 316 g/mol. The Labute approximate surface area is 137 Å². The number of aromatic nitrogens is 3. The second kappa shape index (κ2) is 5.87. The van der Waals surface area contributed by atoms with E-state index in [9.17, 15) is 0 Å². The molecule has 0 bridgehead atoms. The molecule has 0 aliphatic rings. The first kappa shape index (κ1) is 14.7. The highest BCUT2D eigenvalue weighted by molar-refractivity contribution is 7.17. The number of fused-ring (bicyclic) bond motifs is 2. The summed E-state index contributed by atoms with van der Waals surface area (Å²) in [5.74, 6) is 0.806. The number of benzene rings is 1. The third kappa shape index (κ3) is 2.61. The molecule has 110 valence electrons. The Balaban J connectivity index is 0.00000144. The molecule has 6 heteroatoms. The third-order valence-corrected chi connectivity index (χ3v) is 4.27. The number of anilines is 2. The van der Waals surface area contributed by atoms with Gasteiger partial charge in [0, 0.05) is 21.5 Å². The molecule has 0 amide bonds. The van der Waals surface area contributed by atoms with E-state index in [0.717, 1.165) is 28.1 Å². The molecule has 4 rings (SSSR count). The highest BCUT2D eigenvalue weighted by atomic mass is 35.5. The van der Waals surface area contributed by atoms with Gasteiger partial charge < -0.3 is 5.32 Å². The minimum Gasteiger partial charge on any atom is -0.340 e. The molecule has 0 radical (unpaired) electrons. The van der Waals surface area contributed by atoms with Crippen molar-refractivity contribution in [3.63, 3.8) is 0 Å². The van der Waals surface area contributed by atoms with E-state index in [1.807, 2.05) is 13.0 Å². The zero-order chi connectivity index (χ0) is 14.2. The monoisotopic (exact) mass is 328 g/mol. The molecule has 0 spiro atoms. The number of pyridine rings is 1. The molecule has 0 saturated carbocycles. The van der Waals surface area contributed by atoms with Gasteiger partial charge in [0.15, 0.2) is 0 Å². The molecule has 0 aliphatic heterocycles. The van der Waals surface area contributed by atoms with Gasteiger partial charge in [-0.15, -0.1) is 23.7 Å². The van der Waals surface area contributed by atoms with E-state index >= 15 is 0 Å². The number of nitrogens with zero attached hydrogens (tertiary/aromatic N) is 3. The van der Waals surface area contributed by atoms with Gasteiger partial charge in [-0.1, -0.05) is 0 Å². The van der Waals surface area contributed by atoms with Gasteiger partial charge in [0.2, 0.25) is 0 Å². The van der Waals surface area contributed by atoms with Crippen molar-refractivity contribution in [3.05, 3.63) is 53.9 Å². The van der Waals surface area contributed by atoms with E-state index in [0.29, 0.717) is 0 Å². The van der Waals surface area contributed by atoms with Gasteiger partial charge in [-0.2, -0.15) is 0 Å². The minimum atomic E-state index is 0. The van der Waals surface area contributed by atoms with Crippen LogP contribution >= 0.6 is 23.7 Å². The van der Waals surface area contributed by atoms with Crippen LogP contribution in [0.15, 0.2) is 48.2 Å². The molecule has 0 fully saturated rings. The quantitative estimate of drug-likeness (QED) is 0.578. The molecule has 4 aromatic rings. The third-order valence-electron chi connectivity index (χ3n) is 3.37. The second-order valence-electron chi connectivity index (χ2n) is 4.86. The van der Waals surface area contributed by atoms with E-state index in [1.54, 1.807) is 23.9 Å². The van der Waals surface area contributed by atoms with Crippen LogP contribution < -0.4 is 5.32 Å². The van der Waals surface area contributed by atoms with Gasteiger partial charge >= 0.3 is 0 Å². The largest absolute Gasteiger partial charge is 0.340 e. The Bertz CT molecular complexity index is 951. The summed E-state index contributed by atoms with van der Waals surface area (Å²) >= 11 is 1.75. The summed E-state index contributed by atoms with van der Waals surface area (Å²) in [4.78, 5) is 12.9. The number of nitrogens with one attached hydrogen (secondary N) is 1. The fourth-order valence-electron chi connectivity index (χ4n) is 2.34. The second-order valence-corrected chi connectivity index (χ2v) is 5.81. The maximum absolute atomic E-state index is 4.36. The molecule has 22 heavy (non-hydrogen) atoms. The average molecular weight is 329 g/mol. The molecule has 0 saturated heterocycles. The summed E-state index contributed by atoms with van der Waals surface area (Å²) in [7, 11) is 0. The summed E-state index contributed by atoms with van der Waals surface area (Å²) in [6.07, 6.45) is 3.34. The molecule has 0 unspecified atom stereocenters. The molecule has 1 N–H and O–H groups in total. The van der Waals surface area contributed by atoms with Crippen molar-refractivity contribution in [2.45, 2.75) is 6.92 Å². The minimum absolute atomic E-state index is 0. The Morgan fingerprint density at radius 2 is 1.95 bits per heavy atom. The van der Waals surface area contributed by atoms with E-state index < -0.39 is 0 Å². The molecule has 3 heterocycles. The van der Waals surface area contributed by atoms with Crippen LogP contribution in [0.4, 0.5) is 11.5 Å². The van der Waals surface area contributed by atoms with Gasteiger partial charge in [0.05, 0.1) is 11.7 Å². The standard InChI is InChI=1S/C16H12N4S.ClH/c1-10-6-13-14(8-17-10)18-9-19-16(13)20-12-2-3-15-11(7-12)4-5-21-15;/h2-9H,1H3,(H,18,19,20);1H. The fourth-order valence-corrected chi connectivity index (χ4v) is 3.12. The van der Waals surface area contributed by atoms with Crippen molar-refractivity contribution in [1.29, 1.82) is 0 Å². The number of halogens is 1. The van der Waals surface area contributed by atoms with Gasteiger partial charge in [0.1, 0.15) is 12.1 Å². The zero-order valence-electron chi connectivity index (χ0n) is 11.8. The highest BCUT2D eigenvalue weighted by Crippen LogP contribution is 2.27. The summed E-state index contributed by atoms with van der Waals surface area (Å²) in [5, 5.41) is 7.70. The van der Waals surface area contributed by atoms with Gasteiger partial charge in [-0.25, -0.2) is 9.97 Å². The highest BCUT2D eigenvalue weighted by Gasteiger charge is 2.05. The maximum atomic E-state index is 4.36. The van der Waals surface area contributed by atoms with Crippen LogP contribution in [-0.2, 0) is 0 Å². The SMILES string of the molecule is Cc1cc2c(Nc3ccc4sccc4c3)ncnc2cn1.Cl. The van der Waals surface area contributed by atoms with Crippen LogP contribution in [0.2, 0.25) is 0 Å². The van der Waals surface area contributed by atoms with Crippen molar-refractivity contribution in [2.75, 3.05) is 5.32 Å². The lowest BCUT2D eigenvalue weighted by molar-refractivity contribution is 1.17. The lowest BCUT2D eigenvalue weighted by Crippen LogP contribution is -1.96. The van der Waals surface area contributed by atoms with Crippen molar-refractivity contribution in [3.8, 4) is 0 Å². The number of thiophene rings is 1. The topological polar surface area (TPSA) is 50.7 Å². The molecule has 0 atom stereocenters. The van der Waals surface area contributed by atoms with E-state index in [4.69, 9.17) is 0 Å². The van der Waals surface area contributed by atoms with Crippen LogP contribution in [0.3, 0.4) is 0 Å². The van der Waals surface area contributed by atoms with Gasteiger partial charge in [-0.05, 0) is 48.0 Å². The normalized spacial score (nSPS) is 10.6. The summed E-state index contributed by atoms with van der Waals surface area (Å²) in [5.41, 5.74) is 2.82. The lowest BCUT2D eigenvalue weighted by Gasteiger charge is -2.08. The van der Waals surface area contributed by atoms with Crippen LogP contribution in [-0.4, -0.2) is 15.0 Å². The van der Waals surface area contributed by atoms with Gasteiger partial charge in [0.25, 0.3) is 0 Å².